The van der Waals surface area contributed by atoms with Gasteiger partial charge in [0.05, 0.1) is 12.1 Å². The number of hydrogen-bond donors (Lipinski definition) is 3. The van der Waals surface area contributed by atoms with E-state index in [0.29, 0.717) is 32.6 Å². The van der Waals surface area contributed by atoms with Gasteiger partial charge in [0.25, 0.3) is 0 Å². The minimum atomic E-state index is -0.702. The largest absolute Gasteiger partial charge is 0.388 e. The summed E-state index contributed by atoms with van der Waals surface area (Å²) in [4.78, 5) is 4.56. The molecule has 2 rings (SSSR count). The maximum Gasteiger partial charge on any atom is 0.191 e. The SMILES string of the molecule is CCNC(=NCC1(O)CCOCC1)NCCC1=CCCCC1. The first-order chi connectivity index (χ1) is 10.7. The molecule has 0 aromatic rings. The van der Waals surface area contributed by atoms with Gasteiger partial charge in [-0.25, -0.2) is 0 Å². The van der Waals surface area contributed by atoms with Crippen LogP contribution in [0.5, 0.6) is 0 Å². The second kappa shape index (κ2) is 9.16. The molecule has 22 heavy (non-hydrogen) atoms. The van der Waals surface area contributed by atoms with Crippen LogP contribution in [-0.2, 0) is 4.74 Å². The number of nitrogens with one attached hydrogen (secondary N) is 2. The standard InChI is InChI=1S/C17H31N3O2/c1-2-18-16(19-11-8-15-6-4-3-5-7-15)20-14-17(21)9-12-22-13-10-17/h6,21H,2-5,7-14H2,1H3,(H2,18,19,20). The summed E-state index contributed by atoms with van der Waals surface area (Å²) in [5.74, 6) is 0.804. The summed E-state index contributed by atoms with van der Waals surface area (Å²) in [5.41, 5.74) is 0.865. The molecule has 1 aliphatic heterocycles. The molecule has 0 radical (unpaired) electrons. The molecular formula is C17H31N3O2. The van der Waals surface area contributed by atoms with Crippen molar-refractivity contribution in [3.05, 3.63) is 11.6 Å². The predicted molar refractivity (Wildman–Crippen MR) is 90.2 cm³/mol. The number of nitrogens with zero attached hydrogens (tertiary/aromatic N) is 1. The number of rotatable bonds is 6. The fourth-order valence-corrected chi connectivity index (χ4v) is 2.95. The average molecular weight is 309 g/mol. The molecule has 0 amide bonds. The van der Waals surface area contributed by atoms with Gasteiger partial charge in [0.1, 0.15) is 0 Å². The van der Waals surface area contributed by atoms with Crippen LogP contribution >= 0.6 is 0 Å². The van der Waals surface area contributed by atoms with Gasteiger partial charge in [0.2, 0.25) is 0 Å². The van der Waals surface area contributed by atoms with Gasteiger partial charge >= 0.3 is 0 Å². The number of guanidine groups is 1. The van der Waals surface area contributed by atoms with Crippen molar-refractivity contribution in [2.75, 3.05) is 32.8 Å². The highest BCUT2D eigenvalue weighted by Crippen LogP contribution is 2.21. The Labute approximate surface area is 134 Å². The summed E-state index contributed by atoms with van der Waals surface area (Å²) in [6, 6.07) is 0. The van der Waals surface area contributed by atoms with Gasteiger partial charge in [-0.3, -0.25) is 4.99 Å². The van der Waals surface area contributed by atoms with E-state index in [9.17, 15) is 5.11 Å². The lowest BCUT2D eigenvalue weighted by Crippen LogP contribution is -2.42. The van der Waals surface area contributed by atoms with Gasteiger partial charge in [-0.15, -0.1) is 0 Å². The van der Waals surface area contributed by atoms with Crippen LogP contribution < -0.4 is 10.6 Å². The lowest BCUT2D eigenvalue weighted by atomic mass is 9.95. The Bertz CT molecular complexity index is 387. The third-order valence-corrected chi connectivity index (χ3v) is 4.42. The summed E-state index contributed by atoms with van der Waals surface area (Å²) < 4.78 is 5.31. The Morgan fingerprint density at radius 1 is 1.32 bits per heavy atom. The van der Waals surface area contributed by atoms with Crippen LogP contribution in [0.3, 0.4) is 0 Å². The van der Waals surface area contributed by atoms with Crippen molar-refractivity contribution in [1.29, 1.82) is 0 Å². The van der Waals surface area contributed by atoms with Crippen LogP contribution in [0.25, 0.3) is 0 Å². The van der Waals surface area contributed by atoms with E-state index in [0.717, 1.165) is 25.5 Å². The number of aliphatic hydroxyl groups is 1. The van der Waals surface area contributed by atoms with E-state index in [4.69, 9.17) is 4.74 Å². The third kappa shape index (κ3) is 5.97. The molecule has 0 saturated carbocycles. The highest BCUT2D eigenvalue weighted by Gasteiger charge is 2.29. The summed E-state index contributed by atoms with van der Waals surface area (Å²) in [6.45, 7) is 5.49. The number of allylic oxidation sites excluding steroid dienone is 1. The minimum Gasteiger partial charge on any atom is -0.388 e. The molecule has 5 nitrogen and oxygen atoms in total. The molecule has 0 bridgehead atoms. The van der Waals surface area contributed by atoms with Crippen LogP contribution in [0.15, 0.2) is 16.6 Å². The molecule has 2 aliphatic rings. The summed E-state index contributed by atoms with van der Waals surface area (Å²) >= 11 is 0. The normalized spacial score (nSPS) is 22.1. The zero-order valence-electron chi connectivity index (χ0n) is 13.9. The summed E-state index contributed by atoms with van der Waals surface area (Å²) in [6.07, 6.45) is 9.96. The van der Waals surface area contributed by atoms with Gasteiger partial charge < -0.3 is 20.5 Å². The molecule has 1 heterocycles. The molecule has 1 fully saturated rings. The lowest BCUT2D eigenvalue weighted by Gasteiger charge is -2.30. The van der Waals surface area contributed by atoms with E-state index in [2.05, 4.69) is 28.6 Å². The molecule has 5 heteroatoms. The molecule has 3 N–H and O–H groups in total. The van der Waals surface area contributed by atoms with Crippen molar-refractivity contribution < 1.29 is 9.84 Å². The topological polar surface area (TPSA) is 65.9 Å². The zero-order chi connectivity index (χ0) is 15.7. The second-order valence-electron chi connectivity index (χ2n) is 6.32. The van der Waals surface area contributed by atoms with Crippen LogP contribution in [0.2, 0.25) is 0 Å². The van der Waals surface area contributed by atoms with Crippen molar-refractivity contribution in [2.24, 2.45) is 4.99 Å². The lowest BCUT2D eigenvalue weighted by molar-refractivity contribution is -0.0565. The summed E-state index contributed by atoms with van der Waals surface area (Å²) in [5, 5.41) is 17.1. The minimum absolute atomic E-state index is 0.439. The molecule has 0 atom stereocenters. The molecular weight excluding hydrogens is 278 g/mol. The van der Waals surface area contributed by atoms with Crippen LogP contribution in [0.4, 0.5) is 0 Å². The molecule has 126 valence electrons. The molecule has 0 spiro atoms. The van der Waals surface area contributed by atoms with E-state index in [1.54, 1.807) is 5.57 Å². The molecule has 0 aromatic heterocycles. The molecule has 1 saturated heterocycles. The fraction of sp³-hybridized carbons (Fsp3) is 0.824. The Balaban J connectivity index is 1.77. The Hall–Kier alpha value is -1.07. The zero-order valence-corrected chi connectivity index (χ0v) is 13.9. The first kappa shape index (κ1) is 17.3. The molecule has 1 aliphatic carbocycles. The second-order valence-corrected chi connectivity index (χ2v) is 6.32. The van der Waals surface area contributed by atoms with Crippen LogP contribution in [0.1, 0.15) is 51.9 Å². The van der Waals surface area contributed by atoms with Crippen molar-refractivity contribution in [2.45, 2.75) is 57.5 Å². The van der Waals surface area contributed by atoms with Gasteiger partial charge in [-0.2, -0.15) is 0 Å². The van der Waals surface area contributed by atoms with Crippen molar-refractivity contribution >= 4 is 5.96 Å². The summed E-state index contributed by atoms with van der Waals surface area (Å²) in [7, 11) is 0. The highest BCUT2D eigenvalue weighted by atomic mass is 16.5. The Morgan fingerprint density at radius 2 is 2.14 bits per heavy atom. The van der Waals surface area contributed by atoms with Gasteiger partial charge in [-0.1, -0.05) is 11.6 Å². The number of ether oxygens (including phenoxy) is 1. The van der Waals surface area contributed by atoms with Crippen LogP contribution in [0, 0.1) is 0 Å². The smallest absolute Gasteiger partial charge is 0.191 e. The van der Waals surface area contributed by atoms with E-state index in [1.807, 2.05) is 0 Å². The maximum atomic E-state index is 10.5. The van der Waals surface area contributed by atoms with E-state index in [-0.39, 0.29) is 0 Å². The quantitative estimate of drug-likeness (QED) is 0.399. The fourth-order valence-electron chi connectivity index (χ4n) is 2.95. The van der Waals surface area contributed by atoms with Crippen molar-refractivity contribution in [3.63, 3.8) is 0 Å². The van der Waals surface area contributed by atoms with E-state index >= 15 is 0 Å². The number of aliphatic imine (C=N–C) groups is 1. The first-order valence-electron chi connectivity index (χ1n) is 8.72. The highest BCUT2D eigenvalue weighted by molar-refractivity contribution is 5.79. The maximum absolute atomic E-state index is 10.5. The molecule has 0 unspecified atom stereocenters. The van der Waals surface area contributed by atoms with Crippen molar-refractivity contribution in [3.8, 4) is 0 Å². The predicted octanol–water partition coefficient (Wildman–Crippen LogP) is 1.97. The Kier molecular flexibility index (Phi) is 7.19. The van der Waals surface area contributed by atoms with Gasteiger partial charge in [0, 0.05) is 39.1 Å². The monoisotopic (exact) mass is 309 g/mol. The first-order valence-corrected chi connectivity index (χ1v) is 8.72. The average Bonchev–Trinajstić information content (AvgIpc) is 2.54. The Morgan fingerprint density at radius 3 is 2.82 bits per heavy atom. The van der Waals surface area contributed by atoms with Crippen LogP contribution in [-0.4, -0.2) is 49.5 Å². The van der Waals surface area contributed by atoms with Gasteiger partial charge in [-0.05, 0) is 39.0 Å². The van der Waals surface area contributed by atoms with E-state index < -0.39 is 5.60 Å². The van der Waals surface area contributed by atoms with Crippen molar-refractivity contribution in [1.82, 2.24) is 10.6 Å². The molecule has 0 aromatic carbocycles. The van der Waals surface area contributed by atoms with E-state index in [1.165, 1.54) is 25.7 Å². The third-order valence-electron chi connectivity index (χ3n) is 4.42. The van der Waals surface area contributed by atoms with Gasteiger partial charge in [0.15, 0.2) is 5.96 Å². The number of hydrogen-bond acceptors (Lipinski definition) is 3.